The number of aromatic nitrogens is 1. The van der Waals surface area contributed by atoms with E-state index in [1.54, 1.807) is 30.3 Å². The lowest BCUT2D eigenvalue weighted by Crippen LogP contribution is -2.33. The number of anilines is 1. The van der Waals surface area contributed by atoms with E-state index in [9.17, 15) is 9.90 Å². The first-order valence-corrected chi connectivity index (χ1v) is 10.1. The Labute approximate surface area is 168 Å². The fourth-order valence-electron chi connectivity index (χ4n) is 2.51. The number of thiocarbonyl (C=S) groups is 1. The number of carbonyl (C=O) groups excluding carboxylic acids is 1. The molecular formula is C19H13N3O2S3. The normalized spacial score (nSPS) is 10.7. The predicted octanol–water partition coefficient (Wildman–Crippen LogP) is 4.86. The van der Waals surface area contributed by atoms with Crippen molar-refractivity contribution in [1.29, 1.82) is 0 Å². The number of phenols is 1. The Bertz CT molecular complexity index is 1100. The molecule has 2 aromatic heterocycles. The number of rotatable bonds is 3. The number of nitrogens with zero attached hydrogens (tertiary/aromatic N) is 1. The number of hydrogen-bond acceptors (Lipinski definition) is 6. The molecular weight excluding hydrogens is 398 g/mol. The van der Waals surface area contributed by atoms with Crippen LogP contribution in [0.25, 0.3) is 20.8 Å². The van der Waals surface area contributed by atoms with Crippen LogP contribution in [0.4, 0.5) is 5.69 Å². The first kappa shape index (κ1) is 17.6. The molecule has 27 heavy (non-hydrogen) atoms. The average Bonchev–Trinajstić information content (AvgIpc) is 3.32. The zero-order valence-corrected chi connectivity index (χ0v) is 16.3. The minimum atomic E-state index is -0.257. The summed E-state index contributed by atoms with van der Waals surface area (Å²) in [5.74, 6) is -0.124. The predicted molar refractivity (Wildman–Crippen MR) is 115 cm³/mol. The second-order valence-electron chi connectivity index (χ2n) is 5.60. The summed E-state index contributed by atoms with van der Waals surface area (Å²) in [5, 5.41) is 18.6. The van der Waals surface area contributed by atoms with E-state index >= 15 is 0 Å². The highest BCUT2D eigenvalue weighted by molar-refractivity contribution is 7.80. The third-order valence-electron chi connectivity index (χ3n) is 3.75. The lowest BCUT2D eigenvalue weighted by molar-refractivity contribution is 0.0981. The molecule has 0 fully saturated rings. The highest BCUT2D eigenvalue weighted by atomic mass is 32.1. The number of para-hydroxylation sites is 1. The monoisotopic (exact) mass is 411 g/mol. The Kier molecular flexibility index (Phi) is 4.85. The maximum atomic E-state index is 12.1. The van der Waals surface area contributed by atoms with Gasteiger partial charge in [0.2, 0.25) is 0 Å². The molecule has 134 valence electrons. The summed E-state index contributed by atoms with van der Waals surface area (Å²) in [5.41, 5.74) is 2.14. The molecule has 0 aliphatic heterocycles. The number of nitrogens with one attached hydrogen (secondary N) is 2. The molecule has 2 aromatic carbocycles. The number of fused-ring (bicyclic) bond motifs is 1. The molecule has 5 nitrogen and oxygen atoms in total. The van der Waals surface area contributed by atoms with Gasteiger partial charge in [-0.25, -0.2) is 4.98 Å². The van der Waals surface area contributed by atoms with Gasteiger partial charge in [0.25, 0.3) is 5.91 Å². The van der Waals surface area contributed by atoms with Gasteiger partial charge in [-0.1, -0.05) is 18.2 Å². The fourth-order valence-corrected chi connectivity index (χ4v) is 4.33. The molecule has 4 aromatic rings. The van der Waals surface area contributed by atoms with Crippen LogP contribution in [0.2, 0.25) is 0 Å². The standard InChI is InChI=1S/C19H13N3O2S3/c23-14-8-7-11(20-19(25)22-17(24)16-6-3-9-26-16)10-12(14)18-21-13-4-1-2-5-15(13)27-18/h1-10,23H,(H2,20,22,24,25). The molecule has 8 heteroatoms. The maximum Gasteiger partial charge on any atom is 0.267 e. The van der Waals surface area contributed by atoms with Crippen LogP contribution >= 0.6 is 34.9 Å². The van der Waals surface area contributed by atoms with Crippen molar-refractivity contribution in [2.75, 3.05) is 5.32 Å². The molecule has 2 heterocycles. The van der Waals surface area contributed by atoms with Gasteiger partial charge in [-0.2, -0.15) is 0 Å². The molecule has 0 radical (unpaired) electrons. The van der Waals surface area contributed by atoms with Gasteiger partial charge in [0.15, 0.2) is 5.11 Å². The summed E-state index contributed by atoms with van der Waals surface area (Å²) in [6.45, 7) is 0. The summed E-state index contributed by atoms with van der Waals surface area (Å²) in [6.07, 6.45) is 0. The number of hydrogen-bond donors (Lipinski definition) is 3. The first-order chi connectivity index (χ1) is 13.1. The van der Waals surface area contributed by atoms with E-state index in [4.69, 9.17) is 12.2 Å². The van der Waals surface area contributed by atoms with E-state index in [1.165, 1.54) is 22.7 Å². The van der Waals surface area contributed by atoms with Crippen LogP contribution in [-0.2, 0) is 0 Å². The number of amides is 1. The van der Waals surface area contributed by atoms with Crippen LogP contribution in [0.1, 0.15) is 9.67 Å². The Morgan fingerprint density at radius 2 is 1.96 bits per heavy atom. The number of phenolic OH excluding ortho intramolecular Hbond substituents is 1. The summed E-state index contributed by atoms with van der Waals surface area (Å²) >= 11 is 8.06. The molecule has 3 N–H and O–H groups in total. The van der Waals surface area contributed by atoms with Gasteiger partial charge in [0, 0.05) is 5.69 Å². The quantitative estimate of drug-likeness (QED) is 0.332. The molecule has 0 aliphatic rings. The highest BCUT2D eigenvalue weighted by Crippen LogP contribution is 2.36. The van der Waals surface area contributed by atoms with Gasteiger partial charge >= 0.3 is 0 Å². The Hall–Kier alpha value is -2.81. The van der Waals surface area contributed by atoms with Gasteiger partial charge in [-0.15, -0.1) is 22.7 Å². The van der Waals surface area contributed by atoms with E-state index in [-0.39, 0.29) is 16.8 Å². The molecule has 0 aliphatic carbocycles. The van der Waals surface area contributed by atoms with Crippen LogP contribution in [0, 0.1) is 0 Å². The van der Waals surface area contributed by atoms with Crippen molar-refractivity contribution >= 4 is 61.8 Å². The average molecular weight is 412 g/mol. The summed E-state index contributed by atoms with van der Waals surface area (Å²) in [7, 11) is 0. The SMILES string of the molecule is O=C(NC(=S)Nc1ccc(O)c(-c2nc3ccccc3s2)c1)c1cccs1. The smallest absolute Gasteiger partial charge is 0.267 e. The third kappa shape index (κ3) is 3.82. The van der Waals surface area contributed by atoms with Crippen LogP contribution in [-0.4, -0.2) is 21.1 Å². The second-order valence-corrected chi connectivity index (χ2v) is 7.99. The van der Waals surface area contributed by atoms with Crippen molar-refractivity contribution in [3.05, 3.63) is 64.9 Å². The number of benzene rings is 2. The lowest BCUT2D eigenvalue weighted by atomic mass is 10.2. The van der Waals surface area contributed by atoms with E-state index in [0.29, 0.717) is 21.1 Å². The first-order valence-electron chi connectivity index (χ1n) is 7.95. The molecule has 1 amide bonds. The zero-order chi connectivity index (χ0) is 18.8. The van der Waals surface area contributed by atoms with Gasteiger partial charge in [-0.05, 0) is 54.0 Å². The minimum absolute atomic E-state index is 0.133. The van der Waals surface area contributed by atoms with Crippen LogP contribution in [0.15, 0.2) is 60.0 Å². The van der Waals surface area contributed by atoms with Crippen molar-refractivity contribution in [1.82, 2.24) is 10.3 Å². The molecule has 0 saturated heterocycles. The van der Waals surface area contributed by atoms with Crippen molar-refractivity contribution in [2.24, 2.45) is 0 Å². The lowest BCUT2D eigenvalue weighted by Gasteiger charge is -2.10. The van der Waals surface area contributed by atoms with Gasteiger partial charge in [-0.3, -0.25) is 10.1 Å². The minimum Gasteiger partial charge on any atom is -0.507 e. The topological polar surface area (TPSA) is 74.2 Å². The molecule has 4 rings (SSSR count). The van der Waals surface area contributed by atoms with Gasteiger partial charge in [0.05, 0.1) is 20.7 Å². The van der Waals surface area contributed by atoms with Crippen molar-refractivity contribution in [3.8, 4) is 16.3 Å². The van der Waals surface area contributed by atoms with E-state index < -0.39 is 0 Å². The van der Waals surface area contributed by atoms with Gasteiger partial charge in [0.1, 0.15) is 10.8 Å². The number of aromatic hydroxyl groups is 1. The van der Waals surface area contributed by atoms with Crippen LogP contribution in [0.5, 0.6) is 5.75 Å². The van der Waals surface area contributed by atoms with E-state index in [2.05, 4.69) is 15.6 Å². The van der Waals surface area contributed by atoms with Gasteiger partial charge < -0.3 is 10.4 Å². The molecule has 0 spiro atoms. The van der Waals surface area contributed by atoms with E-state index in [0.717, 1.165) is 10.2 Å². The zero-order valence-electron chi connectivity index (χ0n) is 13.8. The van der Waals surface area contributed by atoms with Crippen molar-refractivity contribution in [3.63, 3.8) is 0 Å². The molecule has 0 saturated carbocycles. The number of carbonyl (C=O) groups is 1. The van der Waals surface area contributed by atoms with E-state index in [1.807, 2.05) is 29.6 Å². The molecule has 0 unspecified atom stereocenters. The number of thiazole rings is 1. The number of thiophene rings is 1. The Morgan fingerprint density at radius 1 is 1.11 bits per heavy atom. The van der Waals surface area contributed by atoms with Crippen molar-refractivity contribution < 1.29 is 9.90 Å². The molecule has 0 atom stereocenters. The summed E-state index contributed by atoms with van der Waals surface area (Å²) in [4.78, 5) is 17.2. The second kappa shape index (κ2) is 7.43. The summed E-state index contributed by atoms with van der Waals surface area (Å²) < 4.78 is 1.05. The van der Waals surface area contributed by atoms with Crippen LogP contribution < -0.4 is 10.6 Å². The Morgan fingerprint density at radius 3 is 2.74 bits per heavy atom. The Balaban J connectivity index is 1.55. The third-order valence-corrected chi connectivity index (χ3v) is 5.89. The largest absolute Gasteiger partial charge is 0.507 e. The van der Waals surface area contributed by atoms with Crippen molar-refractivity contribution in [2.45, 2.75) is 0 Å². The highest BCUT2D eigenvalue weighted by Gasteiger charge is 2.13. The molecule has 0 bridgehead atoms. The van der Waals surface area contributed by atoms with Crippen LogP contribution in [0.3, 0.4) is 0 Å². The summed E-state index contributed by atoms with van der Waals surface area (Å²) in [6, 6.07) is 16.4. The maximum absolute atomic E-state index is 12.1. The fraction of sp³-hybridized carbons (Fsp3) is 0.